The van der Waals surface area contributed by atoms with Gasteiger partial charge in [0.2, 0.25) is 5.91 Å². The van der Waals surface area contributed by atoms with E-state index >= 15 is 0 Å². The van der Waals surface area contributed by atoms with Crippen molar-refractivity contribution in [2.45, 2.75) is 5.92 Å². The van der Waals surface area contributed by atoms with Crippen LogP contribution in [0.4, 0.5) is 5.69 Å². The molecule has 3 nitrogen and oxygen atoms in total. The molecular formula is C27H22N2O. The number of amidine groups is 1. The summed E-state index contributed by atoms with van der Waals surface area (Å²) in [5.74, 6) is -0.0216. The Morgan fingerprint density at radius 2 is 1.03 bits per heavy atom. The second-order valence-corrected chi connectivity index (χ2v) is 6.91. The molecule has 4 aromatic carbocycles. The number of rotatable bonds is 5. The van der Waals surface area contributed by atoms with Crippen molar-refractivity contribution >= 4 is 17.4 Å². The average Bonchev–Trinajstić information content (AvgIpc) is 2.81. The highest BCUT2D eigenvalue weighted by Gasteiger charge is 2.24. The molecule has 0 radical (unpaired) electrons. The lowest BCUT2D eigenvalue weighted by Crippen LogP contribution is -2.35. The van der Waals surface area contributed by atoms with Gasteiger partial charge in [0.15, 0.2) is 0 Å². The van der Waals surface area contributed by atoms with Gasteiger partial charge in [-0.2, -0.15) is 0 Å². The zero-order chi connectivity index (χ0) is 20.6. The molecule has 0 atom stereocenters. The summed E-state index contributed by atoms with van der Waals surface area (Å²) >= 11 is 0. The molecule has 0 spiro atoms. The highest BCUT2D eigenvalue weighted by atomic mass is 16.2. The number of aliphatic imine (C=N–C) groups is 1. The summed E-state index contributed by atoms with van der Waals surface area (Å²) in [6.45, 7) is 0. The molecule has 0 aromatic heterocycles. The molecular weight excluding hydrogens is 368 g/mol. The molecule has 0 saturated heterocycles. The molecule has 0 aliphatic carbocycles. The van der Waals surface area contributed by atoms with E-state index in [0.717, 1.165) is 22.4 Å². The maximum atomic E-state index is 13.5. The van der Waals surface area contributed by atoms with Gasteiger partial charge in [0, 0.05) is 5.56 Å². The number of hydrogen-bond acceptors (Lipinski definition) is 2. The summed E-state index contributed by atoms with van der Waals surface area (Å²) in [5.41, 5.74) is 3.52. The van der Waals surface area contributed by atoms with Crippen LogP contribution in [0, 0.1) is 0 Å². The van der Waals surface area contributed by atoms with Gasteiger partial charge in [0.1, 0.15) is 5.84 Å². The first kappa shape index (κ1) is 19.3. The first-order valence-electron chi connectivity index (χ1n) is 9.91. The summed E-state index contributed by atoms with van der Waals surface area (Å²) < 4.78 is 0. The normalized spacial score (nSPS) is 11.3. The van der Waals surface area contributed by atoms with E-state index in [1.165, 1.54) is 0 Å². The van der Waals surface area contributed by atoms with E-state index < -0.39 is 5.92 Å². The van der Waals surface area contributed by atoms with E-state index in [1.54, 1.807) is 0 Å². The van der Waals surface area contributed by atoms with Gasteiger partial charge in [-0.3, -0.25) is 4.79 Å². The number of nitrogens with zero attached hydrogens (tertiary/aromatic N) is 1. The van der Waals surface area contributed by atoms with Crippen molar-refractivity contribution in [3.63, 3.8) is 0 Å². The Morgan fingerprint density at radius 1 is 0.600 bits per heavy atom. The summed E-state index contributed by atoms with van der Waals surface area (Å²) in [5, 5.41) is 3.09. The van der Waals surface area contributed by atoms with Crippen molar-refractivity contribution in [1.82, 2.24) is 5.32 Å². The Balaban J connectivity index is 1.72. The number of nitrogens with one attached hydrogen (secondary N) is 1. The first-order chi connectivity index (χ1) is 14.8. The predicted molar refractivity (Wildman–Crippen MR) is 122 cm³/mol. The maximum absolute atomic E-state index is 13.5. The zero-order valence-corrected chi connectivity index (χ0v) is 16.5. The maximum Gasteiger partial charge on any atom is 0.237 e. The minimum Gasteiger partial charge on any atom is -0.309 e. The van der Waals surface area contributed by atoms with Gasteiger partial charge < -0.3 is 5.32 Å². The molecule has 0 unspecified atom stereocenters. The van der Waals surface area contributed by atoms with Gasteiger partial charge in [-0.15, -0.1) is 0 Å². The predicted octanol–water partition coefficient (Wildman–Crippen LogP) is 5.71. The molecule has 0 saturated carbocycles. The molecule has 1 N–H and O–H groups in total. The molecule has 4 rings (SSSR count). The largest absolute Gasteiger partial charge is 0.309 e. The molecule has 4 aromatic rings. The third-order valence-electron chi connectivity index (χ3n) is 4.81. The van der Waals surface area contributed by atoms with E-state index in [1.807, 2.05) is 121 Å². The Bertz CT molecular complexity index is 1070. The molecule has 0 fully saturated rings. The van der Waals surface area contributed by atoms with Gasteiger partial charge in [-0.1, -0.05) is 109 Å². The molecule has 0 aliphatic heterocycles. The average molecular weight is 390 g/mol. The van der Waals surface area contributed by atoms with Crippen LogP contribution >= 0.6 is 0 Å². The quantitative estimate of drug-likeness (QED) is 0.344. The van der Waals surface area contributed by atoms with Gasteiger partial charge in [0.25, 0.3) is 0 Å². The van der Waals surface area contributed by atoms with Crippen molar-refractivity contribution in [3.05, 3.63) is 138 Å². The van der Waals surface area contributed by atoms with Crippen LogP contribution in [-0.2, 0) is 4.79 Å². The van der Waals surface area contributed by atoms with Crippen LogP contribution < -0.4 is 5.32 Å². The van der Waals surface area contributed by atoms with Gasteiger partial charge in [0.05, 0.1) is 11.6 Å². The number of hydrogen-bond donors (Lipinski definition) is 1. The van der Waals surface area contributed by atoms with Crippen molar-refractivity contribution in [1.29, 1.82) is 0 Å². The summed E-state index contributed by atoms with van der Waals surface area (Å²) in [7, 11) is 0. The number of amides is 1. The van der Waals surface area contributed by atoms with Gasteiger partial charge in [-0.25, -0.2) is 4.99 Å². The third-order valence-corrected chi connectivity index (χ3v) is 4.81. The van der Waals surface area contributed by atoms with E-state index in [2.05, 4.69) is 5.32 Å². The number of carbonyl (C=O) groups is 1. The molecule has 1 amide bonds. The second-order valence-electron chi connectivity index (χ2n) is 6.91. The minimum absolute atomic E-state index is 0.120. The van der Waals surface area contributed by atoms with E-state index in [0.29, 0.717) is 5.84 Å². The van der Waals surface area contributed by atoms with Crippen LogP contribution in [0.2, 0.25) is 0 Å². The van der Waals surface area contributed by atoms with Crippen LogP contribution in [-0.4, -0.2) is 11.7 Å². The van der Waals surface area contributed by atoms with E-state index in [9.17, 15) is 4.79 Å². The van der Waals surface area contributed by atoms with Crippen molar-refractivity contribution in [3.8, 4) is 0 Å². The first-order valence-corrected chi connectivity index (χ1v) is 9.91. The second kappa shape index (κ2) is 9.48. The lowest BCUT2D eigenvalue weighted by atomic mass is 9.90. The fourth-order valence-corrected chi connectivity index (χ4v) is 3.37. The topological polar surface area (TPSA) is 41.5 Å². The Labute approximate surface area is 176 Å². The molecule has 0 aliphatic rings. The number of para-hydroxylation sites is 1. The van der Waals surface area contributed by atoms with E-state index in [4.69, 9.17) is 4.99 Å². The minimum atomic E-state index is -0.433. The lowest BCUT2D eigenvalue weighted by molar-refractivity contribution is -0.120. The standard InChI is InChI=1S/C27H22N2O/c30-27(25(21-13-5-1-6-14-21)22-15-7-2-8-16-22)29-26(23-17-9-3-10-18-23)28-24-19-11-4-12-20-24/h1-20,25H,(H,28,29,30). The molecule has 0 heterocycles. The highest BCUT2D eigenvalue weighted by Crippen LogP contribution is 2.25. The zero-order valence-electron chi connectivity index (χ0n) is 16.5. The fourth-order valence-electron chi connectivity index (χ4n) is 3.37. The van der Waals surface area contributed by atoms with E-state index in [-0.39, 0.29) is 5.91 Å². The van der Waals surface area contributed by atoms with Crippen molar-refractivity contribution < 1.29 is 4.79 Å². The molecule has 146 valence electrons. The fraction of sp³-hybridized carbons (Fsp3) is 0.0370. The van der Waals surface area contributed by atoms with Crippen molar-refractivity contribution in [2.24, 2.45) is 4.99 Å². The van der Waals surface area contributed by atoms with Crippen LogP contribution in [0.1, 0.15) is 22.6 Å². The molecule has 30 heavy (non-hydrogen) atoms. The SMILES string of the molecule is O=C(NC(=Nc1ccccc1)c1ccccc1)C(c1ccccc1)c1ccccc1. The van der Waals surface area contributed by atoms with Crippen LogP contribution in [0.3, 0.4) is 0 Å². The Hall–Kier alpha value is -3.98. The Morgan fingerprint density at radius 3 is 1.53 bits per heavy atom. The highest BCUT2D eigenvalue weighted by molar-refractivity contribution is 6.10. The number of benzene rings is 4. The lowest BCUT2D eigenvalue weighted by Gasteiger charge is -2.19. The smallest absolute Gasteiger partial charge is 0.237 e. The third kappa shape index (κ3) is 4.70. The molecule has 0 bridgehead atoms. The number of carbonyl (C=O) groups excluding carboxylic acids is 1. The van der Waals surface area contributed by atoms with Crippen LogP contribution in [0.5, 0.6) is 0 Å². The monoisotopic (exact) mass is 390 g/mol. The Kier molecular flexibility index (Phi) is 6.11. The van der Waals surface area contributed by atoms with Crippen molar-refractivity contribution in [2.75, 3.05) is 0 Å². The summed E-state index contributed by atoms with van der Waals surface area (Å²) in [6, 6.07) is 39.0. The van der Waals surface area contributed by atoms with Crippen LogP contribution in [0.25, 0.3) is 0 Å². The summed E-state index contributed by atoms with van der Waals surface area (Å²) in [4.78, 5) is 18.2. The van der Waals surface area contributed by atoms with Gasteiger partial charge >= 0.3 is 0 Å². The van der Waals surface area contributed by atoms with Gasteiger partial charge in [-0.05, 0) is 23.3 Å². The molecule has 3 heteroatoms. The summed E-state index contributed by atoms with van der Waals surface area (Å²) in [6.07, 6.45) is 0. The van der Waals surface area contributed by atoms with Crippen LogP contribution in [0.15, 0.2) is 126 Å².